The van der Waals surface area contributed by atoms with Crippen LogP contribution in [-0.4, -0.2) is 24.7 Å². The van der Waals surface area contributed by atoms with Gasteiger partial charge in [-0.25, -0.2) is 0 Å². The third-order valence-electron chi connectivity index (χ3n) is 4.49. The Balaban J connectivity index is 2.03. The molecule has 1 N–H and O–H groups in total. The molecule has 1 aliphatic rings. The van der Waals surface area contributed by atoms with E-state index in [0.29, 0.717) is 13.2 Å². The van der Waals surface area contributed by atoms with Crippen molar-refractivity contribution in [3.8, 4) is 5.75 Å². The Morgan fingerprint density at radius 2 is 1.62 bits per heavy atom. The van der Waals surface area contributed by atoms with Crippen LogP contribution in [0.2, 0.25) is 0 Å². The highest BCUT2D eigenvalue weighted by Crippen LogP contribution is 2.32. The van der Waals surface area contributed by atoms with E-state index < -0.39 is 5.60 Å². The molecule has 1 amide bonds. The molecule has 2 rings (SSSR count). The highest BCUT2D eigenvalue weighted by molar-refractivity contribution is 5.97. The number of anilines is 1. The number of carbonyl (C=O) groups excluding carboxylic acids is 1. The predicted octanol–water partition coefficient (Wildman–Crippen LogP) is 4.93. The van der Waals surface area contributed by atoms with Gasteiger partial charge in [0, 0.05) is 12.3 Å². The number of amides is 1. The van der Waals surface area contributed by atoms with Crippen LogP contribution in [0.15, 0.2) is 24.3 Å². The number of hydrogen-bond donors (Lipinski definition) is 1. The van der Waals surface area contributed by atoms with Crippen molar-refractivity contribution in [3.05, 3.63) is 24.3 Å². The molecule has 0 atom stereocenters. The van der Waals surface area contributed by atoms with Gasteiger partial charge in [0.25, 0.3) is 5.91 Å². The van der Waals surface area contributed by atoms with Gasteiger partial charge in [-0.15, -0.1) is 0 Å². The maximum absolute atomic E-state index is 12.9. The molecule has 0 heterocycles. The Labute approximate surface area is 145 Å². The molecule has 4 nitrogen and oxygen atoms in total. The molecular formula is C20H31NO3. The Kier molecular flexibility index (Phi) is 7.57. The number of nitrogens with one attached hydrogen (secondary N) is 1. The lowest BCUT2D eigenvalue weighted by molar-refractivity contribution is -0.143. The summed E-state index contributed by atoms with van der Waals surface area (Å²) in [6.07, 6.45) is 8.03. The van der Waals surface area contributed by atoms with E-state index >= 15 is 0 Å². The molecule has 0 unspecified atom stereocenters. The average molecular weight is 333 g/mol. The molecule has 1 fully saturated rings. The number of ether oxygens (including phenoxy) is 2. The molecule has 134 valence electrons. The van der Waals surface area contributed by atoms with E-state index in [9.17, 15) is 4.79 Å². The Morgan fingerprint density at radius 3 is 2.21 bits per heavy atom. The van der Waals surface area contributed by atoms with Gasteiger partial charge in [-0.2, -0.15) is 0 Å². The highest BCUT2D eigenvalue weighted by atomic mass is 16.5. The van der Waals surface area contributed by atoms with Gasteiger partial charge in [0.1, 0.15) is 11.4 Å². The zero-order valence-corrected chi connectivity index (χ0v) is 15.1. The van der Waals surface area contributed by atoms with Crippen LogP contribution in [0.25, 0.3) is 0 Å². The second kappa shape index (κ2) is 9.67. The SMILES string of the molecule is CCCOc1ccc(NC(=O)C2(OCCC)CCCCCC2)cc1. The van der Waals surface area contributed by atoms with Crippen LogP contribution < -0.4 is 10.1 Å². The van der Waals surface area contributed by atoms with Gasteiger partial charge < -0.3 is 14.8 Å². The van der Waals surface area contributed by atoms with Crippen molar-refractivity contribution in [3.63, 3.8) is 0 Å². The summed E-state index contributed by atoms with van der Waals surface area (Å²) in [7, 11) is 0. The van der Waals surface area contributed by atoms with E-state index in [4.69, 9.17) is 9.47 Å². The molecule has 1 aliphatic carbocycles. The molecule has 0 aliphatic heterocycles. The molecule has 1 aromatic rings. The van der Waals surface area contributed by atoms with Crippen LogP contribution in [-0.2, 0) is 9.53 Å². The number of hydrogen-bond acceptors (Lipinski definition) is 3. The van der Waals surface area contributed by atoms with Gasteiger partial charge in [0.2, 0.25) is 0 Å². The fourth-order valence-corrected chi connectivity index (χ4v) is 3.13. The van der Waals surface area contributed by atoms with E-state index in [-0.39, 0.29) is 5.91 Å². The van der Waals surface area contributed by atoms with E-state index in [1.165, 1.54) is 12.8 Å². The van der Waals surface area contributed by atoms with Gasteiger partial charge in [-0.1, -0.05) is 39.5 Å². The molecule has 0 spiro atoms. The molecule has 0 aromatic heterocycles. The Morgan fingerprint density at radius 1 is 1.00 bits per heavy atom. The lowest BCUT2D eigenvalue weighted by atomic mass is 9.92. The Hall–Kier alpha value is -1.55. The molecule has 4 heteroatoms. The second-order valence-corrected chi connectivity index (χ2v) is 6.58. The minimum Gasteiger partial charge on any atom is -0.494 e. The molecule has 1 saturated carbocycles. The van der Waals surface area contributed by atoms with Gasteiger partial charge in [-0.05, 0) is 49.9 Å². The summed E-state index contributed by atoms with van der Waals surface area (Å²) in [6, 6.07) is 7.59. The first kappa shape index (κ1) is 18.8. The molecule has 0 bridgehead atoms. The molecule has 0 saturated heterocycles. The van der Waals surface area contributed by atoms with Crippen molar-refractivity contribution >= 4 is 11.6 Å². The average Bonchev–Trinajstić information content (AvgIpc) is 2.86. The zero-order chi connectivity index (χ0) is 17.3. The topological polar surface area (TPSA) is 47.6 Å². The quantitative estimate of drug-likeness (QED) is 0.686. The van der Waals surface area contributed by atoms with Gasteiger partial charge in [-0.3, -0.25) is 4.79 Å². The van der Waals surface area contributed by atoms with E-state index in [1.807, 2.05) is 24.3 Å². The Bertz CT molecular complexity index is 490. The van der Waals surface area contributed by atoms with Gasteiger partial charge in [0.05, 0.1) is 6.61 Å². The first-order valence-electron chi connectivity index (χ1n) is 9.38. The third-order valence-corrected chi connectivity index (χ3v) is 4.49. The summed E-state index contributed by atoms with van der Waals surface area (Å²) < 4.78 is 11.7. The van der Waals surface area contributed by atoms with Gasteiger partial charge in [0.15, 0.2) is 0 Å². The third kappa shape index (κ3) is 5.23. The summed E-state index contributed by atoms with van der Waals surface area (Å²) in [5.74, 6) is 0.835. The van der Waals surface area contributed by atoms with Gasteiger partial charge >= 0.3 is 0 Å². The number of carbonyl (C=O) groups is 1. The summed E-state index contributed by atoms with van der Waals surface area (Å²) in [5, 5.41) is 3.05. The monoisotopic (exact) mass is 333 g/mol. The van der Waals surface area contributed by atoms with E-state index in [2.05, 4.69) is 19.2 Å². The molecule has 1 aromatic carbocycles. The predicted molar refractivity (Wildman–Crippen MR) is 97.5 cm³/mol. The maximum Gasteiger partial charge on any atom is 0.256 e. The van der Waals surface area contributed by atoms with Crippen molar-refractivity contribution in [2.75, 3.05) is 18.5 Å². The van der Waals surface area contributed by atoms with Crippen LogP contribution in [0.4, 0.5) is 5.69 Å². The van der Waals surface area contributed by atoms with E-state index in [1.54, 1.807) is 0 Å². The standard InChI is InChI=1S/C20H31NO3/c1-3-15-23-18-11-9-17(10-12-18)21-19(22)20(24-16-4-2)13-7-5-6-8-14-20/h9-12H,3-8,13-16H2,1-2H3,(H,21,22). The second-order valence-electron chi connectivity index (χ2n) is 6.58. The summed E-state index contributed by atoms with van der Waals surface area (Å²) >= 11 is 0. The minimum atomic E-state index is -0.663. The molecular weight excluding hydrogens is 302 g/mol. The minimum absolute atomic E-state index is 0.0000709. The largest absolute Gasteiger partial charge is 0.494 e. The van der Waals surface area contributed by atoms with Crippen LogP contribution >= 0.6 is 0 Å². The van der Waals surface area contributed by atoms with Crippen LogP contribution in [0, 0.1) is 0 Å². The smallest absolute Gasteiger partial charge is 0.256 e. The fraction of sp³-hybridized carbons (Fsp3) is 0.650. The lowest BCUT2D eigenvalue weighted by Gasteiger charge is -2.31. The van der Waals surface area contributed by atoms with E-state index in [0.717, 1.165) is 50.0 Å². The fourth-order valence-electron chi connectivity index (χ4n) is 3.13. The summed E-state index contributed by atoms with van der Waals surface area (Å²) in [5.41, 5.74) is 0.136. The van der Waals surface area contributed by atoms with Crippen LogP contribution in [0.5, 0.6) is 5.75 Å². The van der Waals surface area contributed by atoms with Crippen LogP contribution in [0.3, 0.4) is 0 Å². The number of rotatable bonds is 8. The number of benzene rings is 1. The molecule has 0 radical (unpaired) electrons. The first-order valence-corrected chi connectivity index (χ1v) is 9.38. The zero-order valence-electron chi connectivity index (χ0n) is 15.1. The normalized spacial score (nSPS) is 17.1. The van der Waals surface area contributed by atoms with Crippen molar-refractivity contribution in [2.24, 2.45) is 0 Å². The first-order chi connectivity index (χ1) is 11.7. The van der Waals surface area contributed by atoms with Crippen molar-refractivity contribution in [2.45, 2.75) is 70.8 Å². The lowest BCUT2D eigenvalue weighted by Crippen LogP contribution is -2.45. The van der Waals surface area contributed by atoms with Crippen molar-refractivity contribution < 1.29 is 14.3 Å². The molecule has 24 heavy (non-hydrogen) atoms. The van der Waals surface area contributed by atoms with Crippen molar-refractivity contribution in [1.29, 1.82) is 0 Å². The highest BCUT2D eigenvalue weighted by Gasteiger charge is 2.39. The van der Waals surface area contributed by atoms with Crippen molar-refractivity contribution in [1.82, 2.24) is 0 Å². The maximum atomic E-state index is 12.9. The summed E-state index contributed by atoms with van der Waals surface area (Å²) in [4.78, 5) is 12.9. The summed E-state index contributed by atoms with van der Waals surface area (Å²) in [6.45, 7) is 5.51. The van der Waals surface area contributed by atoms with Crippen LogP contribution in [0.1, 0.15) is 65.2 Å².